The summed E-state index contributed by atoms with van der Waals surface area (Å²) in [4.78, 5) is 0.324. The van der Waals surface area contributed by atoms with Crippen molar-refractivity contribution in [1.29, 1.82) is 0 Å². The summed E-state index contributed by atoms with van der Waals surface area (Å²) in [6.45, 7) is 2.55. The molecule has 0 aliphatic carbocycles. The number of sulfonamides is 1. The molecular formula is C12H15BrClNO2S. The summed E-state index contributed by atoms with van der Waals surface area (Å²) in [6.07, 6.45) is 1.86. The molecule has 1 fully saturated rings. The Hall–Kier alpha value is -0.100. The molecule has 0 amide bonds. The second-order valence-electron chi connectivity index (χ2n) is 4.51. The SMILES string of the molecule is CC1CCCN1S(=O)(=O)c1ccc(CCl)cc1Br. The van der Waals surface area contributed by atoms with Crippen molar-refractivity contribution in [3.8, 4) is 0 Å². The van der Waals surface area contributed by atoms with Crippen LogP contribution in [0.4, 0.5) is 0 Å². The van der Waals surface area contributed by atoms with E-state index in [0.717, 1.165) is 18.4 Å². The fourth-order valence-corrected chi connectivity index (χ4v) is 5.18. The van der Waals surface area contributed by atoms with Crippen molar-refractivity contribution >= 4 is 37.6 Å². The van der Waals surface area contributed by atoms with E-state index in [2.05, 4.69) is 15.9 Å². The van der Waals surface area contributed by atoms with Crippen molar-refractivity contribution in [2.45, 2.75) is 36.6 Å². The van der Waals surface area contributed by atoms with E-state index in [0.29, 0.717) is 21.8 Å². The Morgan fingerprint density at radius 1 is 1.50 bits per heavy atom. The topological polar surface area (TPSA) is 37.4 Å². The van der Waals surface area contributed by atoms with Gasteiger partial charge in [-0.2, -0.15) is 4.31 Å². The van der Waals surface area contributed by atoms with E-state index in [1.165, 1.54) is 0 Å². The van der Waals surface area contributed by atoms with Gasteiger partial charge in [0.25, 0.3) is 0 Å². The molecule has 1 aliphatic rings. The standard InChI is InChI=1S/C12H15BrClNO2S/c1-9-3-2-6-15(9)18(16,17)12-5-4-10(8-14)7-11(12)13/h4-5,7,9H,2-3,6,8H2,1H3. The van der Waals surface area contributed by atoms with Gasteiger partial charge in [0.15, 0.2) is 0 Å². The molecule has 2 rings (SSSR count). The average Bonchev–Trinajstić information content (AvgIpc) is 2.75. The zero-order valence-corrected chi connectivity index (χ0v) is 13.2. The predicted molar refractivity (Wildman–Crippen MR) is 76.3 cm³/mol. The van der Waals surface area contributed by atoms with Crippen molar-refractivity contribution in [2.24, 2.45) is 0 Å². The Balaban J connectivity index is 2.41. The minimum atomic E-state index is -3.40. The lowest BCUT2D eigenvalue weighted by Crippen LogP contribution is -2.33. The lowest BCUT2D eigenvalue weighted by molar-refractivity contribution is 0.408. The lowest BCUT2D eigenvalue weighted by Gasteiger charge is -2.21. The smallest absolute Gasteiger partial charge is 0.207 e. The molecule has 0 saturated carbocycles. The minimum Gasteiger partial charge on any atom is -0.207 e. The molecule has 1 saturated heterocycles. The highest BCUT2D eigenvalue weighted by molar-refractivity contribution is 9.10. The lowest BCUT2D eigenvalue weighted by atomic mass is 10.2. The summed E-state index contributed by atoms with van der Waals surface area (Å²) in [5.41, 5.74) is 0.900. The molecule has 1 heterocycles. The zero-order chi connectivity index (χ0) is 13.3. The second-order valence-corrected chi connectivity index (χ2v) is 7.49. The minimum absolute atomic E-state index is 0.0783. The van der Waals surface area contributed by atoms with Crippen molar-refractivity contribution in [3.63, 3.8) is 0 Å². The van der Waals surface area contributed by atoms with Crippen LogP contribution < -0.4 is 0 Å². The fourth-order valence-electron chi connectivity index (χ4n) is 2.23. The van der Waals surface area contributed by atoms with Crippen LogP contribution in [0.1, 0.15) is 25.3 Å². The molecule has 1 unspecified atom stereocenters. The molecule has 6 heteroatoms. The summed E-state index contributed by atoms with van der Waals surface area (Å²) >= 11 is 9.06. The van der Waals surface area contributed by atoms with Crippen molar-refractivity contribution in [3.05, 3.63) is 28.2 Å². The van der Waals surface area contributed by atoms with E-state index in [4.69, 9.17) is 11.6 Å². The van der Waals surface area contributed by atoms with Gasteiger partial charge in [-0.05, 0) is 53.4 Å². The van der Waals surface area contributed by atoms with Crippen LogP contribution in [-0.2, 0) is 15.9 Å². The van der Waals surface area contributed by atoms with Crippen LogP contribution in [0.25, 0.3) is 0 Å². The first-order valence-corrected chi connectivity index (χ1v) is 8.60. The fraction of sp³-hybridized carbons (Fsp3) is 0.500. The second kappa shape index (κ2) is 5.49. The summed E-state index contributed by atoms with van der Waals surface area (Å²) in [7, 11) is -3.40. The molecule has 18 heavy (non-hydrogen) atoms. The van der Waals surface area contributed by atoms with Crippen LogP contribution in [0, 0.1) is 0 Å². The van der Waals surface area contributed by atoms with Gasteiger partial charge in [-0.15, -0.1) is 11.6 Å². The normalized spacial score (nSPS) is 21.4. The predicted octanol–water partition coefficient (Wildman–Crippen LogP) is 3.36. The molecule has 1 aromatic rings. The third kappa shape index (κ3) is 2.59. The van der Waals surface area contributed by atoms with Gasteiger partial charge in [0.2, 0.25) is 10.0 Å². The highest BCUT2D eigenvalue weighted by atomic mass is 79.9. The zero-order valence-electron chi connectivity index (χ0n) is 10.1. The van der Waals surface area contributed by atoms with Crippen LogP contribution in [0.15, 0.2) is 27.6 Å². The van der Waals surface area contributed by atoms with Gasteiger partial charge in [-0.25, -0.2) is 8.42 Å². The first-order chi connectivity index (χ1) is 8.46. The number of alkyl halides is 1. The first kappa shape index (κ1) is 14.3. The van der Waals surface area contributed by atoms with E-state index in [1.54, 1.807) is 22.5 Å². The molecule has 1 atom stereocenters. The summed E-state index contributed by atoms with van der Waals surface area (Å²) in [6, 6.07) is 5.23. The molecular weight excluding hydrogens is 338 g/mol. The largest absolute Gasteiger partial charge is 0.244 e. The van der Waals surface area contributed by atoms with Gasteiger partial charge in [0.05, 0.1) is 4.90 Å². The maximum Gasteiger partial charge on any atom is 0.244 e. The Morgan fingerprint density at radius 2 is 2.22 bits per heavy atom. The van der Waals surface area contributed by atoms with Crippen LogP contribution >= 0.6 is 27.5 Å². The van der Waals surface area contributed by atoms with Crippen molar-refractivity contribution < 1.29 is 8.42 Å². The van der Waals surface area contributed by atoms with Crippen LogP contribution in [0.5, 0.6) is 0 Å². The molecule has 3 nitrogen and oxygen atoms in total. The number of hydrogen-bond acceptors (Lipinski definition) is 2. The number of benzene rings is 1. The van der Waals surface area contributed by atoms with Gasteiger partial charge in [0.1, 0.15) is 0 Å². The van der Waals surface area contributed by atoms with Gasteiger partial charge < -0.3 is 0 Å². The molecule has 100 valence electrons. The first-order valence-electron chi connectivity index (χ1n) is 5.83. The average molecular weight is 353 g/mol. The highest BCUT2D eigenvalue weighted by Gasteiger charge is 2.33. The molecule has 0 N–H and O–H groups in total. The molecule has 0 aromatic heterocycles. The van der Waals surface area contributed by atoms with Crippen LogP contribution in [0.3, 0.4) is 0 Å². The van der Waals surface area contributed by atoms with Crippen LogP contribution in [-0.4, -0.2) is 25.3 Å². The summed E-state index contributed by atoms with van der Waals surface area (Å²) in [5.74, 6) is 0.374. The Labute approximate surface area is 121 Å². The monoisotopic (exact) mass is 351 g/mol. The van der Waals surface area contributed by atoms with E-state index in [1.807, 2.05) is 6.92 Å². The van der Waals surface area contributed by atoms with Gasteiger partial charge in [-0.3, -0.25) is 0 Å². The maximum absolute atomic E-state index is 12.5. The Morgan fingerprint density at radius 3 is 2.72 bits per heavy atom. The number of hydrogen-bond donors (Lipinski definition) is 0. The molecule has 1 aliphatic heterocycles. The highest BCUT2D eigenvalue weighted by Crippen LogP contribution is 2.31. The third-order valence-electron chi connectivity index (χ3n) is 3.23. The van der Waals surface area contributed by atoms with Crippen LogP contribution in [0.2, 0.25) is 0 Å². The quantitative estimate of drug-likeness (QED) is 0.782. The van der Waals surface area contributed by atoms with E-state index >= 15 is 0 Å². The number of halogens is 2. The Kier molecular flexibility index (Phi) is 4.36. The molecule has 1 aromatic carbocycles. The van der Waals surface area contributed by atoms with Gasteiger partial charge in [0, 0.05) is 22.9 Å². The molecule has 0 radical (unpaired) electrons. The maximum atomic E-state index is 12.5. The number of nitrogens with zero attached hydrogens (tertiary/aromatic N) is 1. The van der Waals surface area contributed by atoms with E-state index < -0.39 is 10.0 Å². The van der Waals surface area contributed by atoms with Crippen molar-refractivity contribution in [2.75, 3.05) is 6.54 Å². The summed E-state index contributed by atoms with van der Waals surface area (Å²) in [5, 5.41) is 0. The molecule has 0 bridgehead atoms. The third-order valence-corrected chi connectivity index (χ3v) is 6.53. The van der Waals surface area contributed by atoms with E-state index in [9.17, 15) is 8.42 Å². The Bertz CT molecular complexity index is 547. The molecule has 0 spiro atoms. The van der Waals surface area contributed by atoms with Gasteiger partial charge in [-0.1, -0.05) is 6.07 Å². The van der Waals surface area contributed by atoms with Crippen molar-refractivity contribution in [1.82, 2.24) is 4.31 Å². The van der Waals surface area contributed by atoms with Gasteiger partial charge >= 0.3 is 0 Å². The van der Waals surface area contributed by atoms with E-state index in [-0.39, 0.29) is 6.04 Å². The number of rotatable bonds is 3. The summed E-state index contributed by atoms with van der Waals surface area (Å²) < 4.78 is 27.2.